The summed E-state index contributed by atoms with van der Waals surface area (Å²) in [6.45, 7) is 3.58. The Bertz CT molecular complexity index is 505. The van der Waals surface area contributed by atoms with E-state index in [4.69, 9.17) is 5.11 Å². The fourth-order valence-electron chi connectivity index (χ4n) is 1.35. The molecule has 0 unspecified atom stereocenters. The van der Waals surface area contributed by atoms with Gasteiger partial charge in [-0.1, -0.05) is 0 Å². The lowest BCUT2D eigenvalue weighted by molar-refractivity contribution is -0.136. The van der Waals surface area contributed by atoms with Gasteiger partial charge >= 0.3 is 5.97 Å². The normalized spacial score (nSPS) is 11.5. The number of aliphatic carboxylic acids is 1. The molecule has 100 valence electrons. The van der Waals surface area contributed by atoms with E-state index in [1.807, 2.05) is 0 Å². The zero-order chi connectivity index (χ0) is 13.8. The second-order valence-electron chi connectivity index (χ2n) is 4.19. The van der Waals surface area contributed by atoms with Gasteiger partial charge in [-0.25, -0.2) is 8.42 Å². The van der Waals surface area contributed by atoms with Gasteiger partial charge in [-0.3, -0.25) is 4.79 Å². The zero-order valence-corrected chi connectivity index (χ0v) is 11.2. The third-order valence-corrected chi connectivity index (χ3v) is 4.64. The number of nitrogens with one attached hydrogen (secondary N) is 1. The monoisotopic (exact) mass is 271 g/mol. The van der Waals surface area contributed by atoms with Crippen LogP contribution < -0.4 is 5.32 Å². The van der Waals surface area contributed by atoms with Crippen molar-refractivity contribution in [3.8, 4) is 0 Å². The van der Waals surface area contributed by atoms with Gasteiger partial charge < -0.3 is 10.4 Å². The summed E-state index contributed by atoms with van der Waals surface area (Å²) in [6, 6.07) is 6.32. The van der Waals surface area contributed by atoms with E-state index in [2.05, 4.69) is 5.32 Å². The van der Waals surface area contributed by atoms with Crippen molar-refractivity contribution in [1.82, 2.24) is 0 Å². The van der Waals surface area contributed by atoms with Gasteiger partial charge in [0.05, 0.1) is 16.6 Å². The maximum atomic E-state index is 11.8. The largest absolute Gasteiger partial charge is 0.481 e. The van der Waals surface area contributed by atoms with Crippen molar-refractivity contribution in [3.05, 3.63) is 24.3 Å². The molecule has 0 aliphatic carbocycles. The van der Waals surface area contributed by atoms with E-state index in [1.54, 1.807) is 26.0 Å². The van der Waals surface area contributed by atoms with Crippen LogP contribution in [0.1, 0.15) is 20.3 Å². The summed E-state index contributed by atoms with van der Waals surface area (Å²) in [5, 5.41) is 10.9. The lowest BCUT2D eigenvalue weighted by Gasteiger charge is -2.09. The predicted molar refractivity (Wildman–Crippen MR) is 69.5 cm³/mol. The number of anilines is 1. The van der Waals surface area contributed by atoms with Gasteiger partial charge in [0.1, 0.15) is 0 Å². The minimum Gasteiger partial charge on any atom is -0.481 e. The number of rotatable bonds is 6. The molecule has 0 atom stereocenters. The summed E-state index contributed by atoms with van der Waals surface area (Å²) >= 11 is 0. The molecule has 0 heterocycles. The molecule has 18 heavy (non-hydrogen) atoms. The number of carboxylic acid groups (broad SMARTS) is 1. The Kier molecular flexibility index (Phi) is 4.72. The Morgan fingerprint density at radius 3 is 2.28 bits per heavy atom. The Balaban J connectivity index is 2.72. The van der Waals surface area contributed by atoms with Crippen LogP contribution >= 0.6 is 0 Å². The molecule has 0 amide bonds. The second kappa shape index (κ2) is 5.86. The number of benzene rings is 1. The van der Waals surface area contributed by atoms with Crippen molar-refractivity contribution in [2.24, 2.45) is 0 Å². The Morgan fingerprint density at radius 1 is 1.28 bits per heavy atom. The number of carbonyl (C=O) groups is 1. The molecule has 1 aromatic rings. The number of hydrogen-bond donors (Lipinski definition) is 2. The molecule has 0 aliphatic heterocycles. The summed E-state index contributed by atoms with van der Waals surface area (Å²) in [4.78, 5) is 10.6. The van der Waals surface area contributed by atoms with Crippen LogP contribution in [0, 0.1) is 0 Å². The van der Waals surface area contributed by atoms with Gasteiger partial charge in [0.25, 0.3) is 0 Å². The maximum Gasteiger partial charge on any atom is 0.305 e. The van der Waals surface area contributed by atoms with E-state index in [0.717, 1.165) is 0 Å². The summed E-state index contributed by atoms with van der Waals surface area (Å²) in [6.07, 6.45) is 0.0199. The molecule has 0 aliphatic rings. The van der Waals surface area contributed by atoms with Crippen molar-refractivity contribution >= 4 is 21.5 Å². The molecule has 0 spiro atoms. The summed E-state index contributed by atoms with van der Waals surface area (Å²) < 4.78 is 23.7. The standard InChI is InChI=1S/C12H17NO4S/c1-9(2)18(16,17)11-5-3-10(4-6-11)13-8-7-12(14)15/h3-6,9,13H,7-8H2,1-2H3,(H,14,15). The van der Waals surface area contributed by atoms with Crippen LogP contribution in [0.5, 0.6) is 0 Å². The first-order valence-electron chi connectivity index (χ1n) is 5.63. The Morgan fingerprint density at radius 2 is 1.83 bits per heavy atom. The summed E-state index contributed by atoms with van der Waals surface area (Å²) in [5.41, 5.74) is 0.707. The average molecular weight is 271 g/mol. The minimum absolute atomic E-state index is 0.0199. The third kappa shape index (κ3) is 3.73. The third-order valence-electron chi connectivity index (χ3n) is 2.47. The number of hydrogen-bond acceptors (Lipinski definition) is 4. The van der Waals surface area contributed by atoms with Gasteiger partial charge in [-0.15, -0.1) is 0 Å². The van der Waals surface area contributed by atoms with Crippen LogP contribution in [-0.4, -0.2) is 31.3 Å². The lowest BCUT2D eigenvalue weighted by Crippen LogP contribution is -2.14. The summed E-state index contributed by atoms with van der Waals surface area (Å²) in [5.74, 6) is -0.874. The molecule has 0 saturated carbocycles. The average Bonchev–Trinajstić information content (AvgIpc) is 2.29. The molecule has 1 rings (SSSR count). The quantitative estimate of drug-likeness (QED) is 0.823. The number of carboxylic acids is 1. The van der Waals surface area contributed by atoms with Crippen molar-refractivity contribution in [1.29, 1.82) is 0 Å². The van der Waals surface area contributed by atoms with Crippen LogP contribution in [0.25, 0.3) is 0 Å². The predicted octanol–water partition coefficient (Wildman–Crippen LogP) is 1.76. The topological polar surface area (TPSA) is 83.5 Å². The maximum absolute atomic E-state index is 11.8. The zero-order valence-electron chi connectivity index (χ0n) is 10.4. The van der Waals surface area contributed by atoms with E-state index in [0.29, 0.717) is 12.2 Å². The Labute approximate surface area is 107 Å². The lowest BCUT2D eigenvalue weighted by atomic mass is 10.3. The van der Waals surface area contributed by atoms with Crippen LogP contribution in [-0.2, 0) is 14.6 Å². The molecule has 5 nitrogen and oxygen atoms in total. The first kappa shape index (κ1) is 14.5. The second-order valence-corrected chi connectivity index (χ2v) is 6.69. The van der Waals surface area contributed by atoms with Crippen molar-refractivity contribution < 1.29 is 18.3 Å². The van der Waals surface area contributed by atoms with Crippen molar-refractivity contribution in [3.63, 3.8) is 0 Å². The van der Waals surface area contributed by atoms with Crippen LogP contribution in [0.2, 0.25) is 0 Å². The van der Waals surface area contributed by atoms with Crippen LogP contribution in [0.3, 0.4) is 0 Å². The fraction of sp³-hybridized carbons (Fsp3) is 0.417. The van der Waals surface area contributed by atoms with Crippen molar-refractivity contribution in [2.45, 2.75) is 30.4 Å². The number of sulfone groups is 1. The van der Waals surface area contributed by atoms with Crippen LogP contribution in [0.15, 0.2) is 29.2 Å². The van der Waals surface area contributed by atoms with Gasteiger partial charge in [0, 0.05) is 12.2 Å². The van der Waals surface area contributed by atoms with Crippen LogP contribution in [0.4, 0.5) is 5.69 Å². The van der Waals surface area contributed by atoms with Crippen molar-refractivity contribution in [2.75, 3.05) is 11.9 Å². The molecular weight excluding hydrogens is 254 g/mol. The highest BCUT2D eigenvalue weighted by molar-refractivity contribution is 7.92. The molecule has 0 fully saturated rings. The molecule has 0 radical (unpaired) electrons. The van der Waals surface area contributed by atoms with E-state index in [1.165, 1.54) is 12.1 Å². The molecular formula is C12H17NO4S. The summed E-state index contributed by atoms with van der Waals surface area (Å²) in [7, 11) is -3.25. The molecule has 0 aromatic heterocycles. The van der Waals surface area contributed by atoms with E-state index in [-0.39, 0.29) is 11.3 Å². The highest BCUT2D eigenvalue weighted by atomic mass is 32.2. The minimum atomic E-state index is -3.25. The first-order chi connectivity index (χ1) is 8.34. The van der Waals surface area contributed by atoms with E-state index >= 15 is 0 Å². The molecule has 2 N–H and O–H groups in total. The Hall–Kier alpha value is -1.56. The van der Waals surface area contributed by atoms with E-state index < -0.39 is 21.1 Å². The highest BCUT2D eigenvalue weighted by Gasteiger charge is 2.18. The smallest absolute Gasteiger partial charge is 0.305 e. The van der Waals surface area contributed by atoms with Gasteiger partial charge in [-0.05, 0) is 38.1 Å². The van der Waals surface area contributed by atoms with Gasteiger partial charge in [-0.2, -0.15) is 0 Å². The molecule has 0 bridgehead atoms. The first-order valence-corrected chi connectivity index (χ1v) is 7.18. The van der Waals surface area contributed by atoms with E-state index in [9.17, 15) is 13.2 Å². The molecule has 1 aromatic carbocycles. The van der Waals surface area contributed by atoms with Gasteiger partial charge in [0.15, 0.2) is 9.84 Å². The SMILES string of the molecule is CC(C)S(=O)(=O)c1ccc(NCCC(=O)O)cc1. The molecule has 6 heteroatoms. The van der Waals surface area contributed by atoms with Gasteiger partial charge in [0.2, 0.25) is 0 Å². The highest BCUT2D eigenvalue weighted by Crippen LogP contribution is 2.18. The fourth-order valence-corrected chi connectivity index (χ4v) is 2.41. The molecule has 0 saturated heterocycles.